The second-order valence-electron chi connectivity index (χ2n) is 11.4. The van der Waals surface area contributed by atoms with E-state index in [-0.39, 0.29) is 28.8 Å². The van der Waals surface area contributed by atoms with Crippen LogP contribution in [0, 0.1) is 34.5 Å². The number of fused-ring (bicyclic) bond motifs is 5. The van der Waals surface area contributed by atoms with Gasteiger partial charge >= 0.3 is 12.1 Å². The molecule has 0 aromatic rings. The van der Waals surface area contributed by atoms with Gasteiger partial charge in [-0.05, 0) is 80.6 Å². The van der Waals surface area contributed by atoms with E-state index in [4.69, 9.17) is 14.2 Å². The highest BCUT2D eigenvalue weighted by Gasteiger charge is 2.60. The van der Waals surface area contributed by atoms with Crippen LogP contribution in [0.1, 0.15) is 91.9 Å². The molecule has 0 aliphatic heterocycles. The van der Waals surface area contributed by atoms with Crippen LogP contribution in [-0.4, -0.2) is 30.8 Å². The van der Waals surface area contributed by atoms with E-state index in [1.165, 1.54) is 5.57 Å². The minimum absolute atomic E-state index is 0.0471. The zero-order valence-corrected chi connectivity index (χ0v) is 20.7. The van der Waals surface area contributed by atoms with Gasteiger partial charge in [0.15, 0.2) is 5.78 Å². The molecular formula is C27H40O6. The Morgan fingerprint density at radius 3 is 2.61 bits per heavy atom. The van der Waals surface area contributed by atoms with Crippen LogP contribution in [0.4, 0.5) is 4.79 Å². The number of esters is 1. The molecule has 4 aliphatic rings. The predicted molar refractivity (Wildman–Crippen MR) is 123 cm³/mol. The smallest absolute Gasteiger partial charge is 0.430 e. The summed E-state index contributed by atoms with van der Waals surface area (Å²) in [6.07, 6.45) is 10.5. The Labute approximate surface area is 197 Å². The van der Waals surface area contributed by atoms with Crippen LogP contribution in [-0.2, 0) is 23.8 Å². The zero-order valence-electron chi connectivity index (χ0n) is 20.7. The summed E-state index contributed by atoms with van der Waals surface area (Å²) in [5.41, 5.74) is 1.48. The van der Waals surface area contributed by atoms with Crippen LogP contribution in [0.3, 0.4) is 0 Å². The molecule has 3 saturated carbocycles. The van der Waals surface area contributed by atoms with Crippen molar-refractivity contribution in [1.29, 1.82) is 0 Å². The molecule has 3 fully saturated rings. The molecule has 6 heteroatoms. The molecule has 4 rings (SSSR count). The number of carbonyl (C=O) groups excluding carboxylic acids is 3. The Morgan fingerprint density at radius 1 is 1.06 bits per heavy atom. The third-order valence-electron chi connectivity index (χ3n) is 9.62. The fourth-order valence-electron chi connectivity index (χ4n) is 7.68. The van der Waals surface area contributed by atoms with E-state index in [1.807, 2.05) is 19.9 Å². The number of carbonyl (C=O) groups is 3. The maximum atomic E-state index is 12.4. The first-order valence-corrected chi connectivity index (χ1v) is 12.9. The largest absolute Gasteiger partial charge is 0.511 e. The lowest BCUT2D eigenvalue weighted by atomic mass is 9.47. The Morgan fingerprint density at radius 2 is 1.85 bits per heavy atom. The van der Waals surface area contributed by atoms with Crippen molar-refractivity contribution in [2.24, 2.45) is 34.5 Å². The molecule has 0 spiro atoms. The van der Waals surface area contributed by atoms with Crippen LogP contribution in [0.15, 0.2) is 11.6 Å². The second-order valence-corrected chi connectivity index (χ2v) is 11.4. The van der Waals surface area contributed by atoms with Crippen LogP contribution >= 0.6 is 0 Å². The Bertz CT molecular complexity index is 817. The van der Waals surface area contributed by atoms with Gasteiger partial charge in [0.25, 0.3) is 0 Å². The van der Waals surface area contributed by atoms with E-state index >= 15 is 0 Å². The summed E-state index contributed by atoms with van der Waals surface area (Å²) in [4.78, 5) is 36.3. The average molecular weight is 461 g/mol. The Kier molecular flexibility index (Phi) is 6.93. The van der Waals surface area contributed by atoms with Crippen molar-refractivity contribution in [1.82, 2.24) is 0 Å². The van der Waals surface area contributed by atoms with Crippen LogP contribution < -0.4 is 0 Å². The standard InChI is InChI=1S/C27H40O6/c1-5-6-17(2)24(29)31-16-32-25(30)33-23-10-9-21-20-8-7-18-15-19(28)11-13-26(18,3)22(20)12-14-27(21,23)4/h15,17,20-23H,5-14,16H2,1-4H3/t17?,20?,21-,22-,23?,26?,27?/m0/s1. The summed E-state index contributed by atoms with van der Waals surface area (Å²) in [5.74, 6) is 1.50. The maximum Gasteiger partial charge on any atom is 0.511 e. The van der Waals surface area contributed by atoms with E-state index in [0.29, 0.717) is 30.0 Å². The van der Waals surface area contributed by atoms with Crippen molar-refractivity contribution >= 4 is 17.9 Å². The van der Waals surface area contributed by atoms with Crippen molar-refractivity contribution in [3.05, 3.63) is 11.6 Å². The molecule has 0 bridgehead atoms. The third kappa shape index (κ3) is 4.46. The van der Waals surface area contributed by atoms with Gasteiger partial charge < -0.3 is 14.2 Å². The van der Waals surface area contributed by atoms with Crippen molar-refractivity contribution < 1.29 is 28.6 Å². The molecule has 0 heterocycles. The fraction of sp³-hybridized carbons (Fsp3) is 0.815. The molecule has 7 atom stereocenters. The van der Waals surface area contributed by atoms with E-state index in [0.717, 1.165) is 57.8 Å². The van der Waals surface area contributed by atoms with Crippen LogP contribution in [0.5, 0.6) is 0 Å². The normalized spacial score (nSPS) is 38.3. The number of rotatable bonds is 6. The molecule has 0 aromatic carbocycles. The van der Waals surface area contributed by atoms with Gasteiger partial charge in [-0.25, -0.2) is 4.79 Å². The maximum absolute atomic E-state index is 12.4. The van der Waals surface area contributed by atoms with Gasteiger partial charge in [0.1, 0.15) is 6.10 Å². The molecule has 0 N–H and O–H groups in total. The molecule has 0 amide bonds. The number of hydrogen-bond donors (Lipinski definition) is 0. The number of ether oxygens (including phenoxy) is 3. The monoisotopic (exact) mass is 460 g/mol. The lowest BCUT2D eigenvalue weighted by Gasteiger charge is -2.57. The summed E-state index contributed by atoms with van der Waals surface area (Å²) in [5, 5.41) is 0. The fourth-order valence-corrected chi connectivity index (χ4v) is 7.68. The predicted octanol–water partition coefficient (Wildman–Crippen LogP) is 5.98. The molecule has 6 nitrogen and oxygen atoms in total. The van der Waals surface area contributed by atoms with Crippen LogP contribution in [0.25, 0.3) is 0 Å². The highest BCUT2D eigenvalue weighted by Crippen LogP contribution is 2.65. The summed E-state index contributed by atoms with van der Waals surface area (Å²) in [6.45, 7) is 8.10. The minimum Gasteiger partial charge on any atom is -0.430 e. The summed E-state index contributed by atoms with van der Waals surface area (Å²) in [6, 6.07) is 0. The van der Waals surface area contributed by atoms with Gasteiger partial charge in [-0.1, -0.05) is 39.7 Å². The van der Waals surface area contributed by atoms with Gasteiger partial charge in [-0.3, -0.25) is 9.59 Å². The van der Waals surface area contributed by atoms with E-state index in [1.54, 1.807) is 0 Å². The zero-order chi connectivity index (χ0) is 23.8. The van der Waals surface area contributed by atoms with Gasteiger partial charge in [-0.15, -0.1) is 0 Å². The first-order valence-electron chi connectivity index (χ1n) is 12.9. The lowest BCUT2D eigenvalue weighted by Crippen LogP contribution is -2.51. The Hall–Kier alpha value is -1.85. The van der Waals surface area contributed by atoms with Gasteiger partial charge in [0.05, 0.1) is 5.92 Å². The number of allylic oxidation sites excluding steroid dienone is 1. The number of ketones is 1. The Balaban J connectivity index is 1.34. The third-order valence-corrected chi connectivity index (χ3v) is 9.62. The molecule has 184 valence electrons. The molecule has 33 heavy (non-hydrogen) atoms. The second kappa shape index (κ2) is 9.42. The first-order chi connectivity index (χ1) is 15.7. The quantitative estimate of drug-likeness (QED) is 0.358. The lowest BCUT2D eigenvalue weighted by molar-refractivity contribution is -0.159. The van der Waals surface area contributed by atoms with E-state index in [9.17, 15) is 14.4 Å². The molecule has 5 unspecified atom stereocenters. The first kappa shape index (κ1) is 24.3. The van der Waals surface area contributed by atoms with Crippen molar-refractivity contribution in [3.8, 4) is 0 Å². The summed E-state index contributed by atoms with van der Waals surface area (Å²) in [7, 11) is 0. The molecular weight excluding hydrogens is 420 g/mol. The molecule has 4 aliphatic carbocycles. The summed E-state index contributed by atoms with van der Waals surface area (Å²) < 4.78 is 15.9. The number of hydrogen-bond acceptors (Lipinski definition) is 6. The SMILES string of the molecule is CCCC(C)C(=O)OCOC(=O)OC1CC[C@H]2C3CCC4=CC(=O)CCC4(C)[C@H]3CCC12C. The average Bonchev–Trinajstić information content (AvgIpc) is 3.10. The van der Waals surface area contributed by atoms with Crippen molar-refractivity contribution in [2.75, 3.05) is 6.79 Å². The van der Waals surface area contributed by atoms with Crippen molar-refractivity contribution in [3.63, 3.8) is 0 Å². The molecule has 0 radical (unpaired) electrons. The van der Waals surface area contributed by atoms with Crippen molar-refractivity contribution in [2.45, 2.75) is 98.0 Å². The topological polar surface area (TPSA) is 78.9 Å². The van der Waals surface area contributed by atoms with E-state index < -0.39 is 12.9 Å². The highest BCUT2D eigenvalue weighted by molar-refractivity contribution is 5.91. The van der Waals surface area contributed by atoms with E-state index in [2.05, 4.69) is 13.8 Å². The minimum atomic E-state index is -0.744. The summed E-state index contributed by atoms with van der Waals surface area (Å²) >= 11 is 0. The highest BCUT2D eigenvalue weighted by atomic mass is 16.8. The van der Waals surface area contributed by atoms with Gasteiger partial charge in [-0.2, -0.15) is 0 Å². The van der Waals surface area contributed by atoms with Gasteiger partial charge in [0, 0.05) is 11.8 Å². The van der Waals surface area contributed by atoms with Gasteiger partial charge in [0.2, 0.25) is 6.79 Å². The molecule has 0 aromatic heterocycles. The molecule has 0 saturated heterocycles. The van der Waals surface area contributed by atoms with Crippen LogP contribution in [0.2, 0.25) is 0 Å².